The Bertz CT molecular complexity index is 547. The van der Waals surface area contributed by atoms with Gasteiger partial charge in [-0.2, -0.15) is 0 Å². The van der Waals surface area contributed by atoms with Gasteiger partial charge in [-0.05, 0) is 36.6 Å². The number of hydrogen-bond acceptors (Lipinski definition) is 4. The molecule has 0 aliphatic rings. The second-order valence-corrected chi connectivity index (χ2v) is 4.36. The third-order valence-electron chi connectivity index (χ3n) is 2.83. The maximum Gasteiger partial charge on any atom is 0.200 e. The Morgan fingerprint density at radius 1 is 1.16 bits per heavy atom. The van der Waals surface area contributed by atoms with Crippen LogP contribution < -0.4 is 4.74 Å². The van der Waals surface area contributed by atoms with E-state index in [2.05, 4.69) is 9.97 Å². The normalized spacial score (nSPS) is 10.2. The molecule has 1 aromatic heterocycles. The topological polar surface area (TPSA) is 52.1 Å². The van der Waals surface area contributed by atoms with Crippen molar-refractivity contribution in [1.29, 1.82) is 0 Å². The van der Waals surface area contributed by atoms with E-state index in [0.29, 0.717) is 18.7 Å². The van der Waals surface area contributed by atoms with Crippen LogP contribution in [0.1, 0.15) is 28.2 Å². The maximum atomic E-state index is 11.9. The van der Waals surface area contributed by atoms with Gasteiger partial charge in [-0.15, -0.1) is 0 Å². The molecule has 0 radical (unpaired) electrons. The number of aryl methyl sites for hydroxylation is 2. The molecule has 0 spiro atoms. The van der Waals surface area contributed by atoms with Gasteiger partial charge in [-0.3, -0.25) is 4.79 Å². The SMILES string of the molecule is COc1ccc(CCC(=O)c2ncc(C)cn2)cc1. The number of Topliss-reactive ketones (excluding diaryl/α,β-unsaturated/α-hetero) is 1. The second kappa shape index (κ2) is 6.09. The van der Waals surface area contributed by atoms with Gasteiger partial charge in [-0.1, -0.05) is 12.1 Å². The molecule has 2 aromatic rings. The first-order valence-electron chi connectivity index (χ1n) is 6.14. The van der Waals surface area contributed by atoms with Crippen LogP contribution in [0.25, 0.3) is 0 Å². The van der Waals surface area contributed by atoms with Gasteiger partial charge in [0.2, 0.25) is 0 Å². The van der Waals surface area contributed by atoms with Crippen LogP contribution >= 0.6 is 0 Å². The molecule has 0 fully saturated rings. The molecule has 2 rings (SSSR count). The van der Waals surface area contributed by atoms with E-state index < -0.39 is 0 Å². The van der Waals surface area contributed by atoms with Crippen molar-refractivity contribution < 1.29 is 9.53 Å². The number of ketones is 1. The smallest absolute Gasteiger partial charge is 0.200 e. The summed E-state index contributed by atoms with van der Waals surface area (Å²) in [6.07, 6.45) is 4.41. The molecule has 0 aliphatic heterocycles. The van der Waals surface area contributed by atoms with Crippen molar-refractivity contribution >= 4 is 5.78 Å². The molecular formula is C15H16N2O2. The Morgan fingerprint density at radius 2 is 1.79 bits per heavy atom. The van der Waals surface area contributed by atoms with Crippen molar-refractivity contribution in [2.24, 2.45) is 0 Å². The number of nitrogens with zero attached hydrogens (tertiary/aromatic N) is 2. The molecule has 1 aromatic carbocycles. The molecule has 0 atom stereocenters. The van der Waals surface area contributed by atoms with Crippen LogP contribution in [-0.2, 0) is 6.42 Å². The van der Waals surface area contributed by atoms with Gasteiger partial charge in [0.05, 0.1) is 7.11 Å². The van der Waals surface area contributed by atoms with Crippen LogP contribution in [0.3, 0.4) is 0 Å². The third kappa shape index (κ3) is 3.61. The molecule has 0 saturated carbocycles. The van der Waals surface area contributed by atoms with Gasteiger partial charge in [0.15, 0.2) is 11.6 Å². The standard InChI is InChI=1S/C15H16N2O2/c1-11-9-16-15(17-10-11)14(18)8-5-12-3-6-13(19-2)7-4-12/h3-4,6-7,9-10H,5,8H2,1-2H3. The van der Waals surface area contributed by atoms with E-state index in [9.17, 15) is 4.79 Å². The first-order valence-corrected chi connectivity index (χ1v) is 6.14. The van der Waals surface area contributed by atoms with Crippen molar-refractivity contribution in [3.8, 4) is 5.75 Å². The van der Waals surface area contributed by atoms with Crippen LogP contribution in [0.4, 0.5) is 0 Å². The predicted molar refractivity (Wildman–Crippen MR) is 72.4 cm³/mol. The van der Waals surface area contributed by atoms with Gasteiger partial charge < -0.3 is 4.74 Å². The minimum Gasteiger partial charge on any atom is -0.497 e. The van der Waals surface area contributed by atoms with Gasteiger partial charge in [0.1, 0.15) is 5.75 Å². The molecule has 0 N–H and O–H groups in total. The zero-order chi connectivity index (χ0) is 13.7. The largest absolute Gasteiger partial charge is 0.497 e. The minimum atomic E-state index is -0.0316. The molecule has 19 heavy (non-hydrogen) atoms. The summed E-state index contributed by atoms with van der Waals surface area (Å²) in [6, 6.07) is 7.70. The van der Waals surface area contributed by atoms with E-state index in [1.807, 2.05) is 31.2 Å². The summed E-state index contributed by atoms with van der Waals surface area (Å²) in [7, 11) is 1.63. The highest BCUT2D eigenvalue weighted by Gasteiger charge is 2.08. The molecule has 0 amide bonds. The van der Waals surface area contributed by atoms with Gasteiger partial charge in [-0.25, -0.2) is 9.97 Å². The first-order chi connectivity index (χ1) is 9.19. The number of benzene rings is 1. The molecule has 1 heterocycles. The summed E-state index contributed by atoms with van der Waals surface area (Å²) >= 11 is 0. The number of carbonyl (C=O) groups is 1. The van der Waals surface area contributed by atoms with Crippen molar-refractivity contribution in [3.05, 3.63) is 53.6 Å². The molecule has 98 valence electrons. The summed E-state index contributed by atoms with van der Waals surface area (Å²) < 4.78 is 5.09. The lowest BCUT2D eigenvalue weighted by Gasteiger charge is -2.03. The first kappa shape index (κ1) is 13.2. The Balaban J connectivity index is 1.94. The lowest BCUT2D eigenvalue weighted by Crippen LogP contribution is -2.06. The highest BCUT2D eigenvalue weighted by Crippen LogP contribution is 2.13. The fourth-order valence-corrected chi connectivity index (χ4v) is 1.70. The van der Waals surface area contributed by atoms with Gasteiger partial charge in [0.25, 0.3) is 0 Å². The third-order valence-corrected chi connectivity index (χ3v) is 2.83. The molecule has 4 nitrogen and oxygen atoms in total. The summed E-state index contributed by atoms with van der Waals surface area (Å²) in [6.45, 7) is 1.89. The van der Waals surface area contributed by atoms with E-state index in [4.69, 9.17) is 4.74 Å². The van der Waals surface area contributed by atoms with Crippen LogP contribution in [0, 0.1) is 6.92 Å². The number of methoxy groups -OCH3 is 1. The highest BCUT2D eigenvalue weighted by atomic mass is 16.5. The lowest BCUT2D eigenvalue weighted by atomic mass is 10.1. The van der Waals surface area contributed by atoms with E-state index in [-0.39, 0.29) is 5.78 Å². The van der Waals surface area contributed by atoms with Crippen molar-refractivity contribution in [2.45, 2.75) is 19.8 Å². The predicted octanol–water partition coefficient (Wildman–Crippen LogP) is 2.61. The Morgan fingerprint density at radius 3 is 2.37 bits per heavy atom. The van der Waals surface area contributed by atoms with Crippen LogP contribution in [0.2, 0.25) is 0 Å². The van der Waals surface area contributed by atoms with Crippen molar-refractivity contribution in [3.63, 3.8) is 0 Å². The minimum absolute atomic E-state index is 0.0316. The van der Waals surface area contributed by atoms with Crippen LogP contribution in [0.15, 0.2) is 36.7 Å². The maximum absolute atomic E-state index is 11.9. The van der Waals surface area contributed by atoms with Crippen LogP contribution in [-0.4, -0.2) is 22.9 Å². The van der Waals surface area contributed by atoms with E-state index in [0.717, 1.165) is 16.9 Å². The molecular weight excluding hydrogens is 240 g/mol. The molecule has 0 saturated heterocycles. The summed E-state index contributed by atoms with van der Waals surface area (Å²) in [5, 5.41) is 0. The summed E-state index contributed by atoms with van der Waals surface area (Å²) in [5.41, 5.74) is 2.05. The van der Waals surface area contributed by atoms with Crippen LogP contribution in [0.5, 0.6) is 5.75 Å². The molecule has 0 aliphatic carbocycles. The number of carbonyl (C=O) groups excluding carboxylic acids is 1. The van der Waals surface area contributed by atoms with Gasteiger partial charge in [0, 0.05) is 18.8 Å². The molecule has 0 unspecified atom stereocenters. The summed E-state index contributed by atoms with van der Waals surface area (Å²) in [4.78, 5) is 20.0. The van der Waals surface area contributed by atoms with E-state index >= 15 is 0 Å². The highest BCUT2D eigenvalue weighted by molar-refractivity contribution is 5.92. The van der Waals surface area contributed by atoms with Gasteiger partial charge >= 0.3 is 0 Å². The fraction of sp³-hybridized carbons (Fsp3) is 0.267. The zero-order valence-corrected chi connectivity index (χ0v) is 11.1. The zero-order valence-electron chi connectivity index (χ0n) is 11.1. The Hall–Kier alpha value is -2.23. The molecule has 4 heteroatoms. The number of hydrogen-bond donors (Lipinski definition) is 0. The van der Waals surface area contributed by atoms with Crippen molar-refractivity contribution in [2.75, 3.05) is 7.11 Å². The number of rotatable bonds is 5. The lowest BCUT2D eigenvalue weighted by molar-refractivity contribution is 0.0972. The Labute approximate surface area is 112 Å². The average Bonchev–Trinajstić information content (AvgIpc) is 2.46. The fourth-order valence-electron chi connectivity index (χ4n) is 1.70. The van der Waals surface area contributed by atoms with E-state index in [1.54, 1.807) is 19.5 Å². The number of ether oxygens (including phenoxy) is 1. The number of aromatic nitrogens is 2. The monoisotopic (exact) mass is 256 g/mol. The average molecular weight is 256 g/mol. The van der Waals surface area contributed by atoms with E-state index in [1.165, 1.54) is 0 Å². The molecule has 0 bridgehead atoms. The Kier molecular flexibility index (Phi) is 4.23. The van der Waals surface area contributed by atoms with Crippen molar-refractivity contribution in [1.82, 2.24) is 9.97 Å². The summed E-state index contributed by atoms with van der Waals surface area (Å²) in [5.74, 6) is 1.08. The second-order valence-electron chi connectivity index (χ2n) is 4.36. The quantitative estimate of drug-likeness (QED) is 0.772.